The molecule has 0 radical (unpaired) electrons. The number of thiazole rings is 1. The molecule has 3 rings (SSSR count). The summed E-state index contributed by atoms with van der Waals surface area (Å²) in [5.41, 5.74) is 0.854. The van der Waals surface area contributed by atoms with E-state index in [1.54, 1.807) is 18.3 Å². The molecule has 0 saturated carbocycles. The van der Waals surface area contributed by atoms with E-state index in [1.165, 1.54) is 42.7 Å². The maximum absolute atomic E-state index is 13.0. The molecule has 0 aliphatic carbocycles. The highest BCUT2D eigenvalue weighted by Gasteiger charge is 2.11. The summed E-state index contributed by atoms with van der Waals surface area (Å²) < 4.78 is 13.0. The number of rotatable bonds is 6. The van der Waals surface area contributed by atoms with Crippen LogP contribution in [0.5, 0.6) is 0 Å². The SMILES string of the molecule is O=C(CCCN1CCCCC1)Nc1cnc(-c2ccc(F)cc2)s1. The van der Waals surface area contributed by atoms with E-state index in [4.69, 9.17) is 0 Å². The lowest BCUT2D eigenvalue weighted by molar-refractivity contribution is -0.116. The summed E-state index contributed by atoms with van der Waals surface area (Å²) in [6.45, 7) is 3.33. The van der Waals surface area contributed by atoms with Crippen LogP contribution in [-0.2, 0) is 4.79 Å². The molecular weight excluding hydrogens is 325 g/mol. The smallest absolute Gasteiger partial charge is 0.225 e. The lowest BCUT2D eigenvalue weighted by Gasteiger charge is -2.26. The Labute approximate surface area is 145 Å². The Bertz CT molecular complexity index is 665. The number of hydrogen-bond donors (Lipinski definition) is 1. The van der Waals surface area contributed by atoms with Gasteiger partial charge in [-0.15, -0.1) is 0 Å². The molecule has 2 heterocycles. The molecule has 4 nitrogen and oxygen atoms in total. The number of anilines is 1. The number of nitrogens with zero attached hydrogens (tertiary/aromatic N) is 2. The lowest BCUT2D eigenvalue weighted by Crippen LogP contribution is -2.31. The molecular formula is C18H22FN3OS. The number of aromatic nitrogens is 1. The summed E-state index contributed by atoms with van der Waals surface area (Å²) in [7, 11) is 0. The van der Waals surface area contributed by atoms with Crippen molar-refractivity contribution >= 4 is 22.2 Å². The predicted molar refractivity (Wildman–Crippen MR) is 95.7 cm³/mol. The predicted octanol–water partition coefficient (Wildman–Crippen LogP) is 4.15. The first kappa shape index (κ1) is 17.0. The van der Waals surface area contributed by atoms with Gasteiger partial charge in [-0.1, -0.05) is 17.8 Å². The van der Waals surface area contributed by atoms with E-state index in [0.717, 1.165) is 41.6 Å². The number of benzene rings is 1. The molecule has 0 atom stereocenters. The van der Waals surface area contributed by atoms with E-state index < -0.39 is 0 Å². The molecule has 1 N–H and O–H groups in total. The maximum Gasteiger partial charge on any atom is 0.225 e. The van der Waals surface area contributed by atoms with Crippen molar-refractivity contribution in [2.45, 2.75) is 32.1 Å². The van der Waals surface area contributed by atoms with Gasteiger partial charge in [0.25, 0.3) is 0 Å². The van der Waals surface area contributed by atoms with Crippen molar-refractivity contribution in [2.24, 2.45) is 0 Å². The highest BCUT2D eigenvalue weighted by molar-refractivity contribution is 7.19. The molecule has 2 aromatic rings. The first-order valence-electron chi connectivity index (χ1n) is 8.45. The van der Waals surface area contributed by atoms with Crippen LogP contribution in [0, 0.1) is 5.82 Å². The van der Waals surface area contributed by atoms with Crippen molar-refractivity contribution < 1.29 is 9.18 Å². The standard InChI is InChI=1S/C18H22FN3OS/c19-15-8-6-14(7-9-15)18-20-13-17(24-18)21-16(23)5-4-12-22-10-2-1-3-11-22/h6-9,13H,1-5,10-12H2,(H,21,23). The Morgan fingerprint density at radius 3 is 2.71 bits per heavy atom. The summed E-state index contributed by atoms with van der Waals surface area (Å²) in [6, 6.07) is 6.21. The molecule has 1 fully saturated rings. The number of carbonyl (C=O) groups excluding carboxylic acids is 1. The minimum Gasteiger partial charge on any atom is -0.316 e. The minimum absolute atomic E-state index is 0.0290. The lowest BCUT2D eigenvalue weighted by atomic mass is 10.1. The number of piperidine rings is 1. The fourth-order valence-corrected chi connectivity index (χ4v) is 3.74. The molecule has 1 aliphatic heterocycles. The van der Waals surface area contributed by atoms with Gasteiger partial charge in [0, 0.05) is 12.0 Å². The van der Waals surface area contributed by atoms with Crippen LogP contribution in [0.1, 0.15) is 32.1 Å². The van der Waals surface area contributed by atoms with E-state index in [2.05, 4.69) is 15.2 Å². The van der Waals surface area contributed by atoms with Gasteiger partial charge in [0.05, 0.1) is 6.20 Å². The fraction of sp³-hybridized carbons (Fsp3) is 0.444. The van der Waals surface area contributed by atoms with Crippen LogP contribution in [0.2, 0.25) is 0 Å². The average molecular weight is 347 g/mol. The third-order valence-corrected chi connectivity index (χ3v) is 5.15. The zero-order chi connectivity index (χ0) is 16.8. The van der Waals surface area contributed by atoms with Crippen LogP contribution < -0.4 is 5.32 Å². The molecule has 1 aromatic heterocycles. The van der Waals surface area contributed by atoms with Gasteiger partial charge in [-0.05, 0) is 63.2 Å². The summed E-state index contributed by atoms with van der Waals surface area (Å²) >= 11 is 1.41. The Kier molecular flexibility index (Phi) is 5.93. The fourth-order valence-electron chi connectivity index (χ4n) is 2.90. The van der Waals surface area contributed by atoms with Gasteiger partial charge in [-0.3, -0.25) is 4.79 Å². The Morgan fingerprint density at radius 1 is 1.21 bits per heavy atom. The number of hydrogen-bond acceptors (Lipinski definition) is 4. The highest BCUT2D eigenvalue weighted by atomic mass is 32.1. The molecule has 128 valence electrons. The van der Waals surface area contributed by atoms with Crippen LogP contribution in [0.3, 0.4) is 0 Å². The Balaban J connectivity index is 1.45. The number of nitrogens with one attached hydrogen (secondary N) is 1. The quantitative estimate of drug-likeness (QED) is 0.854. The van der Waals surface area contributed by atoms with Gasteiger partial charge in [-0.2, -0.15) is 0 Å². The van der Waals surface area contributed by atoms with Crippen molar-refractivity contribution in [3.05, 3.63) is 36.3 Å². The Morgan fingerprint density at radius 2 is 1.96 bits per heavy atom. The van der Waals surface area contributed by atoms with Gasteiger partial charge in [0.2, 0.25) is 5.91 Å². The van der Waals surface area contributed by atoms with Crippen LogP contribution in [-0.4, -0.2) is 35.4 Å². The monoisotopic (exact) mass is 347 g/mol. The molecule has 1 aromatic carbocycles. The van der Waals surface area contributed by atoms with Gasteiger partial charge in [0.1, 0.15) is 15.8 Å². The summed E-state index contributed by atoms with van der Waals surface area (Å²) in [6.07, 6.45) is 6.96. The molecule has 1 aliphatic rings. The molecule has 6 heteroatoms. The van der Waals surface area contributed by atoms with Crippen molar-refractivity contribution in [2.75, 3.05) is 25.0 Å². The average Bonchev–Trinajstić information content (AvgIpc) is 3.05. The molecule has 1 saturated heterocycles. The van der Waals surface area contributed by atoms with E-state index in [0.29, 0.717) is 6.42 Å². The summed E-state index contributed by atoms with van der Waals surface area (Å²) in [5.74, 6) is -0.237. The largest absolute Gasteiger partial charge is 0.316 e. The molecule has 1 amide bonds. The van der Waals surface area contributed by atoms with Gasteiger partial charge >= 0.3 is 0 Å². The summed E-state index contributed by atoms with van der Waals surface area (Å²) in [4.78, 5) is 18.8. The van der Waals surface area contributed by atoms with Crippen molar-refractivity contribution in [1.29, 1.82) is 0 Å². The highest BCUT2D eigenvalue weighted by Crippen LogP contribution is 2.28. The van der Waals surface area contributed by atoms with Gasteiger partial charge in [-0.25, -0.2) is 9.37 Å². The zero-order valence-corrected chi connectivity index (χ0v) is 14.4. The Hall–Kier alpha value is -1.79. The normalized spacial score (nSPS) is 15.4. The van der Waals surface area contributed by atoms with E-state index in [-0.39, 0.29) is 11.7 Å². The number of likely N-dealkylation sites (tertiary alicyclic amines) is 1. The van der Waals surface area contributed by atoms with Crippen molar-refractivity contribution in [3.8, 4) is 10.6 Å². The van der Waals surface area contributed by atoms with Crippen molar-refractivity contribution in [3.63, 3.8) is 0 Å². The third kappa shape index (κ3) is 4.85. The van der Waals surface area contributed by atoms with E-state index >= 15 is 0 Å². The zero-order valence-electron chi connectivity index (χ0n) is 13.6. The first-order chi connectivity index (χ1) is 11.7. The molecule has 0 spiro atoms. The minimum atomic E-state index is -0.266. The van der Waals surface area contributed by atoms with Crippen LogP contribution >= 0.6 is 11.3 Å². The number of amides is 1. The third-order valence-electron chi connectivity index (χ3n) is 4.19. The van der Waals surface area contributed by atoms with Crippen LogP contribution in [0.25, 0.3) is 10.6 Å². The van der Waals surface area contributed by atoms with Crippen LogP contribution in [0.4, 0.5) is 9.39 Å². The summed E-state index contributed by atoms with van der Waals surface area (Å²) in [5, 5.41) is 4.42. The second-order valence-electron chi connectivity index (χ2n) is 6.09. The molecule has 0 bridgehead atoms. The topological polar surface area (TPSA) is 45.2 Å². The van der Waals surface area contributed by atoms with E-state index in [9.17, 15) is 9.18 Å². The van der Waals surface area contributed by atoms with E-state index in [1.807, 2.05) is 0 Å². The molecule has 0 unspecified atom stereocenters. The molecule has 24 heavy (non-hydrogen) atoms. The van der Waals surface area contributed by atoms with Gasteiger partial charge < -0.3 is 10.2 Å². The maximum atomic E-state index is 13.0. The van der Waals surface area contributed by atoms with Crippen molar-refractivity contribution in [1.82, 2.24) is 9.88 Å². The van der Waals surface area contributed by atoms with Crippen LogP contribution in [0.15, 0.2) is 30.5 Å². The number of carbonyl (C=O) groups is 1. The first-order valence-corrected chi connectivity index (χ1v) is 9.26. The number of halogens is 1. The second kappa shape index (κ2) is 8.35. The second-order valence-corrected chi connectivity index (χ2v) is 7.12. The van der Waals surface area contributed by atoms with Gasteiger partial charge in [0.15, 0.2) is 0 Å².